The van der Waals surface area contributed by atoms with E-state index in [9.17, 15) is 8.42 Å². The molecule has 0 aromatic heterocycles. The van der Waals surface area contributed by atoms with Crippen LogP contribution < -0.4 is 0 Å². The van der Waals surface area contributed by atoms with E-state index in [-0.39, 0.29) is 11.3 Å². The second kappa shape index (κ2) is 2.70. The van der Waals surface area contributed by atoms with Gasteiger partial charge in [-0.05, 0) is 32.6 Å². The van der Waals surface area contributed by atoms with Crippen molar-refractivity contribution in [2.75, 3.05) is 6.54 Å². The Labute approximate surface area is 73.8 Å². The van der Waals surface area contributed by atoms with E-state index in [1.165, 1.54) is 0 Å². The molecule has 0 amide bonds. The molecule has 1 heterocycles. The Bertz CT molecular complexity index is 269. The Kier molecular flexibility index (Phi) is 1.92. The van der Waals surface area contributed by atoms with Crippen LogP contribution in [0.25, 0.3) is 0 Å². The van der Waals surface area contributed by atoms with E-state index in [1.54, 1.807) is 4.31 Å². The molecule has 2 aliphatic rings. The van der Waals surface area contributed by atoms with Crippen molar-refractivity contribution in [3.63, 3.8) is 0 Å². The Morgan fingerprint density at radius 1 is 1.25 bits per heavy atom. The van der Waals surface area contributed by atoms with Crippen LogP contribution in [0.2, 0.25) is 0 Å². The topological polar surface area (TPSA) is 37.4 Å². The van der Waals surface area contributed by atoms with Crippen molar-refractivity contribution in [2.24, 2.45) is 0 Å². The minimum absolute atomic E-state index is 0.0296. The number of rotatable bonds is 2. The van der Waals surface area contributed by atoms with Gasteiger partial charge in [-0.1, -0.05) is 0 Å². The van der Waals surface area contributed by atoms with Crippen molar-refractivity contribution < 1.29 is 8.42 Å². The molecule has 1 atom stereocenters. The van der Waals surface area contributed by atoms with Gasteiger partial charge in [0.05, 0.1) is 5.25 Å². The van der Waals surface area contributed by atoms with Gasteiger partial charge in [-0.15, -0.1) is 0 Å². The highest BCUT2D eigenvalue weighted by atomic mass is 32.2. The van der Waals surface area contributed by atoms with E-state index >= 15 is 0 Å². The summed E-state index contributed by atoms with van der Waals surface area (Å²) >= 11 is 0. The van der Waals surface area contributed by atoms with E-state index in [1.807, 2.05) is 6.92 Å². The third kappa shape index (κ3) is 1.27. The van der Waals surface area contributed by atoms with Crippen LogP contribution in [0.1, 0.15) is 32.6 Å². The Balaban J connectivity index is 2.16. The zero-order chi connectivity index (χ0) is 8.77. The molecule has 1 aliphatic carbocycles. The first-order valence-electron chi connectivity index (χ1n) is 4.63. The smallest absolute Gasteiger partial charge is 0.212 e. The number of hydrogen-bond acceptors (Lipinski definition) is 2. The summed E-state index contributed by atoms with van der Waals surface area (Å²) in [5.74, 6) is 0. The molecule has 1 unspecified atom stereocenters. The first-order chi connectivity index (χ1) is 5.62. The molecule has 3 nitrogen and oxygen atoms in total. The lowest BCUT2D eigenvalue weighted by Crippen LogP contribution is -2.36. The fraction of sp³-hybridized carbons (Fsp3) is 1.00. The summed E-state index contributed by atoms with van der Waals surface area (Å²) in [6, 6.07) is 0.246. The molecule has 0 aromatic rings. The summed E-state index contributed by atoms with van der Waals surface area (Å²) in [5, 5.41) is -0.0296. The average molecular weight is 189 g/mol. The second-order valence-electron chi connectivity index (χ2n) is 3.85. The molecule has 2 fully saturated rings. The maximum Gasteiger partial charge on any atom is 0.217 e. The molecule has 1 saturated carbocycles. The second-order valence-corrected chi connectivity index (χ2v) is 6.01. The molecule has 70 valence electrons. The largest absolute Gasteiger partial charge is 0.217 e. The van der Waals surface area contributed by atoms with E-state index in [0.717, 1.165) is 32.2 Å². The quantitative estimate of drug-likeness (QED) is 0.649. The number of hydrogen-bond donors (Lipinski definition) is 0. The predicted octanol–water partition coefficient (Wildman–Crippen LogP) is 0.963. The zero-order valence-electron chi connectivity index (χ0n) is 7.36. The predicted molar refractivity (Wildman–Crippen MR) is 47.3 cm³/mol. The van der Waals surface area contributed by atoms with E-state index in [0.29, 0.717) is 0 Å². The van der Waals surface area contributed by atoms with Crippen LogP contribution in [0.15, 0.2) is 0 Å². The molecule has 2 rings (SSSR count). The summed E-state index contributed by atoms with van der Waals surface area (Å²) in [5.41, 5.74) is 0. The molecule has 1 saturated heterocycles. The number of nitrogens with zero attached hydrogens (tertiary/aromatic N) is 1. The molecule has 1 aliphatic heterocycles. The van der Waals surface area contributed by atoms with Gasteiger partial charge in [-0.25, -0.2) is 8.42 Å². The van der Waals surface area contributed by atoms with Gasteiger partial charge in [0.2, 0.25) is 10.0 Å². The standard InChI is InChI=1S/C8H15NO2S/c1-7-3-2-6-9(7)12(10,11)8-4-5-8/h7-8H,2-6H2,1H3. The molecule has 12 heavy (non-hydrogen) atoms. The van der Waals surface area contributed by atoms with Crippen molar-refractivity contribution in [1.29, 1.82) is 0 Å². The highest BCUT2D eigenvalue weighted by Gasteiger charge is 2.42. The fourth-order valence-electron chi connectivity index (χ4n) is 1.84. The summed E-state index contributed by atoms with van der Waals surface area (Å²) in [7, 11) is -2.88. The zero-order valence-corrected chi connectivity index (χ0v) is 8.18. The summed E-state index contributed by atoms with van der Waals surface area (Å²) in [6.45, 7) is 2.76. The molecule has 0 bridgehead atoms. The number of sulfonamides is 1. The van der Waals surface area contributed by atoms with Crippen molar-refractivity contribution in [1.82, 2.24) is 4.31 Å². The fourth-order valence-corrected chi connectivity index (χ4v) is 3.95. The van der Waals surface area contributed by atoms with E-state index in [2.05, 4.69) is 0 Å². The van der Waals surface area contributed by atoms with Gasteiger partial charge in [0.15, 0.2) is 0 Å². The summed E-state index contributed by atoms with van der Waals surface area (Å²) < 4.78 is 25.2. The van der Waals surface area contributed by atoms with Crippen LogP contribution >= 0.6 is 0 Å². The Hall–Kier alpha value is -0.0900. The van der Waals surface area contributed by atoms with Crippen LogP contribution in [0.5, 0.6) is 0 Å². The molecule has 0 spiro atoms. The maximum absolute atomic E-state index is 11.7. The molecular formula is C8H15NO2S. The molecule has 4 heteroatoms. The van der Waals surface area contributed by atoms with Crippen LogP contribution in [0, 0.1) is 0 Å². The monoisotopic (exact) mass is 189 g/mol. The van der Waals surface area contributed by atoms with Crippen molar-refractivity contribution in [2.45, 2.75) is 43.9 Å². The summed E-state index contributed by atoms with van der Waals surface area (Å²) in [6.07, 6.45) is 3.83. The van der Waals surface area contributed by atoms with Gasteiger partial charge in [0, 0.05) is 12.6 Å². The van der Waals surface area contributed by atoms with Crippen LogP contribution in [0.4, 0.5) is 0 Å². The maximum atomic E-state index is 11.7. The Morgan fingerprint density at radius 3 is 2.33 bits per heavy atom. The van der Waals surface area contributed by atoms with Gasteiger partial charge >= 0.3 is 0 Å². The van der Waals surface area contributed by atoms with Gasteiger partial charge in [-0.3, -0.25) is 0 Å². The first-order valence-corrected chi connectivity index (χ1v) is 6.13. The Morgan fingerprint density at radius 2 is 1.92 bits per heavy atom. The van der Waals surface area contributed by atoms with Crippen molar-refractivity contribution in [3.8, 4) is 0 Å². The third-order valence-electron chi connectivity index (χ3n) is 2.76. The molecule has 0 radical (unpaired) electrons. The van der Waals surface area contributed by atoms with Gasteiger partial charge < -0.3 is 0 Å². The normalized spacial score (nSPS) is 32.6. The minimum Gasteiger partial charge on any atom is -0.212 e. The highest BCUT2D eigenvalue weighted by Crippen LogP contribution is 2.34. The van der Waals surface area contributed by atoms with Crippen LogP contribution in [-0.4, -0.2) is 30.6 Å². The van der Waals surface area contributed by atoms with Crippen LogP contribution in [-0.2, 0) is 10.0 Å². The molecule has 0 aromatic carbocycles. The van der Waals surface area contributed by atoms with E-state index in [4.69, 9.17) is 0 Å². The van der Waals surface area contributed by atoms with E-state index < -0.39 is 10.0 Å². The van der Waals surface area contributed by atoms with Gasteiger partial charge in [-0.2, -0.15) is 4.31 Å². The lowest BCUT2D eigenvalue weighted by molar-refractivity contribution is 0.407. The molecule has 0 N–H and O–H groups in total. The highest BCUT2D eigenvalue weighted by molar-refractivity contribution is 7.90. The SMILES string of the molecule is CC1CCCN1S(=O)(=O)C1CC1. The van der Waals surface area contributed by atoms with Gasteiger partial charge in [0.1, 0.15) is 0 Å². The van der Waals surface area contributed by atoms with Crippen LogP contribution in [0.3, 0.4) is 0 Å². The minimum atomic E-state index is -2.88. The summed E-state index contributed by atoms with van der Waals surface area (Å²) in [4.78, 5) is 0. The lowest BCUT2D eigenvalue weighted by Gasteiger charge is -2.20. The lowest BCUT2D eigenvalue weighted by atomic mass is 10.3. The van der Waals surface area contributed by atoms with Crippen molar-refractivity contribution in [3.05, 3.63) is 0 Å². The van der Waals surface area contributed by atoms with Crippen molar-refractivity contribution >= 4 is 10.0 Å². The first kappa shape index (κ1) is 8.51. The average Bonchev–Trinajstić information content (AvgIpc) is 2.75. The van der Waals surface area contributed by atoms with Gasteiger partial charge in [0.25, 0.3) is 0 Å². The third-order valence-corrected chi connectivity index (χ3v) is 5.27. The molecular weight excluding hydrogens is 174 g/mol.